The number of hydrogen-bond acceptors (Lipinski definition) is 3. The van der Waals surface area contributed by atoms with Gasteiger partial charge in [-0.2, -0.15) is 0 Å². The summed E-state index contributed by atoms with van der Waals surface area (Å²) in [5.41, 5.74) is 8.55. The van der Waals surface area contributed by atoms with Crippen LogP contribution in [-0.4, -0.2) is 29.0 Å². The minimum absolute atomic E-state index is 0.0330. The van der Waals surface area contributed by atoms with Crippen LogP contribution in [0.2, 0.25) is 0 Å². The van der Waals surface area contributed by atoms with Gasteiger partial charge in [-0.15, -0.1) is 0 Å². The topological polar surface area (TPSA) is 58.4 Å². The molecule has 1 amide bonds. The molecular weight excluding hydrogens is 190 g/mol. The van der Waals surface area contributed by atoms with E-state index in [-0.39, 0.29) is 11.9 Å². The third kappa shape index (κ3) is 3.80. The minimum atomic E-state index is -0.0691. The van der Waals surface area contributed by atoms with E-state index in [4.69, 9.17) is 5.73 Å². The molecule has 0 aromatic rings. The molecule has 4 heteroatoms. The van der Waals surface area contributed by atoms with Gasteiger partial charge < -0.3 is 5.73 Å². The van der Waals surface area contributed by atoms with Crippen LogP contribution in [0.1, 0.15) is 46.5 Å². The second kappa shape index (κ2) is 5.47. The van der Waals surface area contributed by atoms with Gasteiger partial charge in [-0.05, 0) is 33.6 Å². The molecule has 15 heavy (non-hydrogen) atoms. The average molecular weight is 213 g/mol. The SMILES string of the molecule is CC(N)CC(=O)NN1C(C)CCCC1C. The van der Waals surface area contributed by atoms with Gasteiger partial charge >= 0.3 is 0 Å². The average Bonchev–Trinajstić information content (AvgIpc) is 2.10. The number of nitrogens with zero attached hydrogens (tertiary/aromatic N) is 1. The molecule has 1 heterocycles. The van der Waals surface area contributed by atoms with E-state index < -0.39 is 0 Å². The first kappa shape index (κ1) is 12.5. The Morgan fingerprint density at radius 1 is 1.47 bits per heavy atom. The summed E-state index contributed by atoms with van der Waals surface area (Å²) >= 11 is 0. The summed E-state index contributed by atoms with van der Waals surface area (Å²) in [4.78, 5) is 11.6. The summed E-state index contributed by atoms with van der Waals surface area (Å²) in [5, 5.41) is 2.08. The van der Waals surface area contributed by atoms with Gasteiger partial charge in [-0.1, -0.05) is 6.42 Å². The number of hydrogen-bond donors (Lipinski definition) is 2. The quantitative estimate of drug-likeness (QED) is 0.736. The lowest BCUT2D eigenvalue weighted by molar-refractivity contribution is -0.129. The van der Waals surface area contributed by atoms with Crippen LogP contribution >= 0.6 is 0 Å². The zero-order chi connectivity index (χ0) is 11.4. The van der Waals surface area contributed by atoms with Crippen LogP contribution in [0, 0.1) is 0 Å². The maximum Gasteiger partial charge on any atom is 0.235 e. The Bertz CT molecular complexity index is 208. The van der Waals surface area contributed by atoms with Crippen molar-refractivity contribution in [1.29, 1.82) is 0 Å². The van der Waals surface area contributed by atoms with E-state index in [1.54, 1.807) is 0 Å². The van der Waals surface area contributed by atoms with Crippen LogP contribution in [-0.2, 0) is 4.79 Å². The third-order valence-corrected chi connectivity index (χ3v) is 2.95. The number of piperidine rings is 1. The van der Waals surface area contributed by atoms with Crippen LogP contribution in [0.15, 0.2) is 0 Å². The van der Waals surface area contributed by atoms with Crippen molar-refractivity contribution >= 4 is 5.91 Å². The van der Waals surface area contributed by atoms with E-state index in [9.17, 15) is 4.79 Å². The number of nitrogens with one attached hydrogen (secondary N) is 1. The first-order valence-electron chi connectivity index (χ1n) is 5.84. The highest BCUT2D eigenvalue weighted by molar-refractivity contribution is 5.76. The maximum absolute atomic E-state index is 11.6. The highest BCUT2D eigenvalue weighted by Crippen LogP contribution is 2.20. The molecular formula is C11H23N3O. The molecule has 3 N–H and O–H groups in total. The Morgan fingerprint density at radius 2 is 2.00 bits per heavy atom. The lowest BCUT2D eigenvalue weighted by Gasteiger charge is -2.38. The molecule has 1 fully saturated rings. The molecule has 0 aromatic carbocycles. The standard InChI is InChI=1S/C11H23N3O/c1-8(12)7-11(15)13-14-9(2)5-4-6-10(14)3/h8-10H,4-7,12H2,1-3H3,(H,13,15). The Balaban J connectivity index is 2.44. The van der Waals surface area contributed by atoms with Crippen molar-refractivity contribution in [3.8, 4) is 0 Å². The minimum Gasteiger partial charge on any atom is -0.327 e. The van der Waals surface area contributed by atoms with Crippen molar-refractivity contribution in [2.45, 2.75) is 64.6 Å². The zero-order valence-corrected chi connectivity index (χ0v) is 9.99. The van der Waals surface area contributed by atoms with Crippen molar-refractivity contribution in [2.24, 2.45) is 5.73 Å². The number of hydrazine groups is 1. The van der Waals surface area contributed by atoms with Crippen molar-refractivity contribution in [1.82, 2.24) is 10.4 Å². The molecule has 0 bridgehead atoms. The molecule has 1 aliphatic heterocycles. The largest absolute Gasteiger partial charge is 0.327 e. The fourth-order valence-electron chi connectivity index (χ4n) is 2.12. The van der Waals surface area contributed by atoms with E-state index in [0.717, 1.165) is 12.8 Å². The number of carbonyl (C=O) groups is 1. The van der Waals surface area contributed by atoms with Crippen LogP contribution in [0.3, 0.4) is 0 Å². The molecule has 1 saturated heterocycles. The van der Waals surface area contributed by atoms with Crippen LogP contribution in [0.4, 0.5) is 0 Å². The van der Waals surface area contributed by atoms with Crippen LogP contribution < -0.4 is 11.2 Å². The Morgan fingerprint density at radius 3 is 2.47 bits per heavy atom. The van der Waals surface area contributed by atoms with Crippen molar-refractivity contribution in [3.05, 3.63) is 0 Å². The molecule has 0 saturated carbocycles. The molecule has 4 nitrogen and oxygen atoms in total. The lowest BCUT2D eigenvalue weighted by Crippen LogP contribution is -2.54. The molecule has 0 aliphatic carbocycles. The maximum atomic E-state index is 11.6. The molecule has 3 atom stereocenters. The van der Waals surface area contributed by atoms with E-state index in [2.05, 4.69) is 24.3 Å². The molecule has 88 valence electrons. The summed E-state index contributed by atoms with van der Waals surface area (Å²) in [6, 6.07) is 0.803. The first-order valence-corrected chi connectivity index (χ1v) is 5.84. The van der Waals surface area contributed by atoms with E-state index >= 15 is 0 Å². The first-order chi connectivity index (χ1) is 7.00. The smallest absolute Gasteiger partial charge is 0.235 e. The molecule has 1 aliphatic rings. The van der Waals surface area contributed by atoms with E-state index in [1.807, 2.05) is 6.92 Å². The van der Waals surface area contributed by atoms with Crippen molar-refractivity contribution in [2.75, 3.05) is 0 Å². The van der Waals surface area contributed by atoms with Gasteiger partial charge in [0, 0.05) is 24.5 Å². The van der Waals surface area contributed by atoms with E-state index in [0.29, 0.717) is 18.5 Å². The van der Waals surface area contributed by atoms with Gasteiger partial charge in [0.2, 0.25) is 5.91 Å². The Kier molecular flexibility index (Phi) is 4.54. The van der Waals surface area contributed by atoms with Gasteiger partial charge in [0.05, 0.1) is 0 Å². The fraction of sp³-hybridized carbons (Fsp3) is 0.909. The predicted octanol–water partition coefficient (Wildman–Crippen LogP) is 1.02. The molecule has 0 aromatic heterocycles. The molecule has 3 unspecified atom stereocenters. The Hall–Kier alpha value is -0.610. The molecule has 1 rings (SSSR count). The molecule has 0 spiro atoms. The van der Waals surface area contributed by atoms with E-state index in [1.165, 1.54) is 6.42 Å². The highest BCUT2D eigenvalue weighted by Gasteiger charge is 2.25. The van der Waals surface area contributed by atoms with Crippen molar-refractivity contribution in [3.63, 3.8) is 0 Å². The van der Waals surface area contributed by atoms with Crippen molar-refractivity contribution < 1.29 is 4.79 Å². The number of amides is 1. The summed E-state index contributed by atoms with van der Waals surface area (Å²) < 4.78 is 0. The zero-order valence-electron chi connectivity index (χ0n) is 9.99. The fourth-order valence-corrected chi connectivity index (χ4v) is 2.12. The van der Waals surface area contributed by atoms with Gasteiger partial charge in [0.15, 0.2) is 0 Å². The number of nitrogens with two attached hydrogens (primary N) is 1. The predicted molar refractivity (Wildman–Crippen MR) is 61.0 cm³/mol. The monoisotopic (exact) mass is 213 g/mol. The normalized spacial score (nSPS) is 29.9. The lowest BCUT2D eigenvalue weighted by atomic mass is 10.00. The second-order valence-corrected chi connectivity index (χ2v) is 4.75. The number of carbonyl (C=O) groups excluding carboxylic acids is 1. The Labute approximate surface area is 92.2 Å². The summed E-state index contributed by atoms with van der Waals surface area (Å²) in [7, 11) is 0. The summed E-state index contributed by atoms with van der Waals surface area (Å²) in [6.07, 6.45) is 3.96. The van der Waals surface area contributed by atoms with Crippen LogP contribution in [0.25, 0.3) is 0 Å². The third-order valence-electron chi connectivity index (χ3n) is 2.95. The number of rotatable bonds is 3. The molecule has 0 radical (unpaired) electrons. The second-order valence-electron chi connectivity index (χ2n) is 4.75. The summed E-state index contributed by atoms with van der Waals surface area (Å²) in [5.74, 6) is 0.0330. The van der Waals surface area contributed by atoms with Gasteiger partial charge in [-0.25, -0.2) is 5.01 Å². The highest BCUT2D eigenvalue weighted by atomic mass is 16.2. The van der Waals surface area contributed by atoms with Crippen LogP contribution in [0.5, 0.6) is 0 Å². The summed E-state index contributed by atoms with van der Waals surface area (Å²) in [6.45, 7) is 6.16. The van der Waals surface area contributed by atoms with Gasteiger partial charge in [-0.3, -0.25) is 10.2 Å². The van der Waals surface area contributed by atoms with Gasteiger partial charge in [0.25, 0.3) is 0 Å². The van der Waals surface area contributed by atoms with Gasteiger partial charge in [0.1, 0.15) is 0 Å².